The van der Waals surface area contributed by atoms with Gasteiger partial charge >= 0.3 is 0 Å². The van der Waals surface area contributed by atoms with Crippen molar-refractivity contribution in [3.8, 4) is 0 Å². The normalized spacial score (nSPS) is 10.7. The van der Waals surface area contributed by atoms with Crippen molar-refractivity contribution in [2.45, 2.75) is 0 Å². The zero-order valence-electron chi connectivity index (χ0n) is 19.1. The second-order valence-electron chi connectivity index (χ2n) is 8.03. The van der Waals surface area contributed by atoms with Gasteiger partial charge in [-0.2, -0.15) is 9.97 Å². The van der Waals surface area contributed by atoms with Gasteiger partial charge in [-0.3, -0.25) is 9.78 Å². The van der Waals surface area contributed by atoms with Gasteiger partial charge in [-0.15, -0.1) is 0 Å². The Bertz CT molecular complexity index is 1530. The van der Waals surface area contributed by atoms with Crippen LogP contribution >= 0.6 is 0 Å². The average molecular weight is 478 g/mol. The highest BCUT2D eigenvalue weighted by molar-refractivity contribution is 6.04. The first-order valence-corrected chi connectivity index (χ1v) is 11.0. The lowest BCUT2D eigenvalue weighted by molar-refractivity contribution is 0.102. The van der Waals surface area contributed by atoms with Gasteiger partial charge in [0.05, 0.1) is 5.52 Å². The number of hydrogen-bond acceptors (Lipinski definition) is 9. The molecule has 0 aliphatic rings. The maximum Gasteiger partial charge on any atom is 0.255 e. The Kier molecular flexibility index (Phi) is 5.90. The van der Waals surface area contributed by atoms with E-state index in [2.05, 4.69) is 30.9 Å². The summed E-state index contributed by atoms with van der Waals surface area (Å²) in [6, 6.07) is 23.5. The van der Waals surface area contributed by atoms with E-state index < -0.39 is 0 Å². The van der Waals surface area contributed by atoms with E-state index in [9.17, 15) is 4.79 Å². The number of amides is 1. The van der Waals surface area contributed by atoms with Gasteiger partial charge in [-0.25, -0.2) is 0 Å². The Labute approximate surface area is 206 Å². The van der Waals surface area contributed by atoms with Gasteiger partial charge in [0.1, 0.15) is 11.6 Å². The number of nitrogens with zero attached hydrogens (tertiary/aromatic N) is 3. The van der Waals surface area contributed by atoms with Crippen LogP contribution < -0.4 is 33.2 Å². The molecular weight excluding hydrogens is 454 g/mol. The van der Waals surface area contributed by atoms with Crippen molar-refractivity contribution < 1.29 is 4.79 Å². The van der Waals surface area contributed by atoms with Crippen molar-refractivity contribution in [2.24, 2.45) is 0 Å². The molecule has 9 N–H and O–H groups in total. The monoisotopic (exact) mass is 477 g/mol. The van der Waals surface area contributed by atoms with Crippen LogP contribution in [0.2, 0.25) is 0 Å². The number of nitrogens with two attached hydrogens (primary N) is 3. The molecule has 0 atom stereocenters. The minimum Gasteiger partial charge on any atom is -0.399 e. The van der Waals surface area contributed by atoms with Crippen LogP contribution in [0.15, 0.2) is 85.1 Å². The van der Waals surface area contributed by atoms with E-state index in [-0.39, 0.29) is 17.7 Å². The molecule has 0 aliphatic carbocycles. The number of aromatic nitrogens is 3. The van der Waals surface area contributed by atoms with Crippen LogP contribution in [-0.2, 0) is 0 Å². The molecule has 2 heterocycles. The first-order chi connectivity index (χ1) is 17.4. The van der Waals surface area contributed by atoms with E-state index >= 15 is 0 Å². The van der Waals surface area contributed by atoms with Gasteiger partial charge in [-0.1, -0.05) is 0 Å². The number of pyridine rings is 1. The van der Waals surface area contributed by atoms with E-state index in [0.29, 0.717) is 22.8 Å². The third-order valence-corrected chi connectivity index (χ3v) is 5.37. The van der Waals surface area contributed by atoms with Crippen LogP contribution in [0.25, 0.3) is 10.9 Å². The minimum atomic E-state index is -0.228. The maximum atomic E-state index is 12.7. The highest BCUT2D eigenvalue weighted by Crippen LogP contribution is 2.27. The molecular formula is C26H23N9O. The van der Waals surface area contributed by atoms with Crippen molar-refractivity contribution in [1.82, 2.24) is 15.0 Å². The lowest BCUT2D eigenvalue weighted by Crippen LogP contribution is -2.11. The molecule has 5 rings (SSSR count). The Morgan fingerprint density at radius 2 is 1.42 bits per heavy atom. The molecule has 3 aromatic carbocycles. The number of rotatable bonds is 6. The molecule has 0 unspecified atom stereocenters. The number of carbonyl (C=O) groups is 1. The standard InChI is InChI=1S/C26H23N9O/c27-16-3-10-21-20(13-16)22(11-12-30-21)31-17-6-8-19(9-7-17)33-25(36)15-1-4-18(5-2-15)32-24-14-23(28)34-26(29)35-24/h1-14H,27H2,(H,30,31)(H,33,36)(H5,28,29,32,34,35). The molecule has 0 spiro atoms. The van der Waals surface area contributed by atoms with Crippen LogP contribution in [0.1, 0.15) is 10.4 Å². The van der Waals surface area contributed by atoms with E-state index in [1.807, 2.05) is 48.5 Å². The van der Waals surface area contributed by atoms with E-state index in [1.54, 1.807) is 36.5 Å². The predicted molar refractivity (Wildman–Crippen MR) is 144 cm³/mol. The van der Waals surface area contributed by atoms with Crippen molar-refractivity contribution in [2.75, 3.05) is 33.2 Å². The Morgan fingerprint density at radius 1 is 0.722 bits per heavy atom. The molecule has 36 heavy (non-hydrogen) atoms. The molecule has 0 aliphatic heterocycles. The molecule has 5 aromatic rings. The number of fused-ring (bicyclic) bond motifs is 1. The van der Waals surface area contributed by atoms with Crippen LogP contribution in [0.3, 0.4) is 0 Å². The fourth-order valence-corrected chi connectivity index (χ4v) is 3.67. The van der Waals surface area contributed by atoms with E-state index in [0.717, 1.165) is 28.0 Å². The fraction of sp³-hybridized carbons (Fsp3) is 0. The maximum absolute atomic E-state index is 12.7. The Balaban J connectivity index is 1.23. The summed E-state index contributed by atoms with van der Waals surface area (Å²) >= 11 is 0. The van der Waals surface area contributed by atoms with Crippen LogP contribution in [0.4, 0.5) is 46.0 Å². The summed E-state index contributed by atoms with van der Waals surface area (Å²) in [5.41, 5.74) is 22.4. The van der Waals surface area contributed by atoms with Gasteiger partial charge < -0.3 is 33.2 Å². The highest BCUT2D eigenvalue weighted by atomic mass is 16.1. The SMILES string of the molecule is Nc1ccc2nccc(Nc3ccc(NC(=O)c4ccc(Nc5cc(N)nc(N)n5)cc4)cc3)c2c1. The lowest BCUT2D eigenvalue weighted by Gasteiger charge is -2.11. The van der Waals surface area contributed by atoms with Crippen LogP contribution in [0, 0.1) is 0 Å². The molecule has 0 fully saturated rings. The summed E-state index contributed by atoms with van der Waals surface area (Å²) in [7, 11) is 0. The van der Waals surface area contributed by atoms with Gasteiger partial charge in [0.25, 0.3) is 5.91 Å². The largest absolute Gasteiger partial charge is 0.399 e. The summed E-state index contributed by atoms with van der Waals surface area (Å²) in [6.45, 7) is 0. The minimum absolute atomic E-state index is 0.0774. The first kappa shape index (κ1) is 22.4. The van der Waals surface area contributed by atoms with Crippen LogP contribution in [0.5, 0.6) is 0 Å². The number of hydrogen-bond donors (Lipinski definition) is 6. The number of carbonyl (C=O) groups excluding carboxylic acids is 1. The smallest absolute Gasteiger partial charge is 0.255 e. The predicted octanol–water partition coefficient (Wildman–Crippen LogP) is 4.51. The quantitative estimate of drug-likeness (QED) is 0.193. The summed E-state index contributed by atoms with van der Waals surface area (Å²) in [5, 5.41) is 10.3. The molecule has 0 bridgehead atoms. The van der Waals surface area contributed by atoms with Crippen molar-refractivity contribution >= 4 is 62.8 Å². The van der Waals surface area contributed by atoms with Gasteiger partial charge in [0.2, 0.25) is 5.95 Å². The lowest BCUT2D eigenvalue weighted by atomic mass is 10.1. The molecule has 1 amide bonds. The first-order valence-electron chi connectivity index (χ1n) is 11.0. The summed E-state index contributed by atoms with van der Waals surface area (Å²) in [6.07, 6.45) is 1.74. The third-order valence-electron chi connectivity index (χ3n) is 5.37. The molecule has 0 radical (unpaired) electrons. The van der Waals surface area contributed by atoms with Crippen molar-refractivity contribution in [1.29, 1.82) is 0 Å². The molecule has 10 nitrogen and oxygen atoms in total. The summed E-state index contributed by atoms with van der Waals surface area (Å²) < 4.78 is 0. The Hall–Kier alpha value is -5.38. The zero-order valence-corrected chi connectivity index (χ0v) is 19.1. The zero-order chi connectivity index (χ0) is 25.1. The molecule has 0 saturated carbocycles. The number of anilines is 8. The molecule has 0 saturated heterocycles. The topological polar surface area (TPSA) is 170 Å². The second-order valence-corrected chi connectivity index (χ2v) is 8.03. The summed E-state index contributed by atoms with van der Waals surface area (Å²) in [5.74, 6) is 0.581. The van der Waals surface area contributed by atoms with E-state index in [4.69, 9.17) is 17.2 Å². The van der Waals surface area contributed by atoms with Crippen molar-refractivity contribution in [3.05, 3.63) is 90.6 Å². The highest BCUT2D eigenvalue weighted by Gasteiger charge is 2.08. The molecule has 10 heteroatoms. The second kappa shape index (κ2) is 9.47. The molecule has 178 valence electrons. The van der Waals surface area contributed by atoms with Gasteiger partial charge in [0.15, 0.2) is 0 Å². The number of nitrogen functional groups attached to an aromatic ring is 3. The molecule has 2 aromatic heterocycles. The van der Waals surface area contributed by atoms with Crippen molar-refractivity contribution in [3.63, 3.8) is 0 Å². The number of nitrogens with one attached hydrogen (secondary N) is 3. The van der Waals surface area contributed by atoms with Gasteiger partial charge in [-0.05, 0) is 72.8 Å². The van der Waals surface area contributed by atoms with Crippen LogP contribution in [-0.4, -0.2) is 20.9 Å². The van der Waals surface area contributed by atoms with E-state index in [1.165, 1.54) is 0 Å². The Morgan fingerprint density at radius 3 is 2.17 bits per heavy atom. The fourth-order valence-electron chi connectivity index (χ4n) is 3.67. The van der Waals surface area contributed by atoms with Gasteiger partial charge in [0, 0.05) is 51.6 Å². The third kappa shape index (κ3) is 5.07. The average Bonchev–Trinajstić information content (AvgIpc) is 2.85. The number of benzene rings is 3. The summed E-state index contributed by atoms with van der Waals surface area (Å²) in [4.78, 5) is 25.0.